The fourth-order valence-corrected chi connectivity index (χ4v) is 1.17. The van der Waals surface area contributed by atoms with E-state index in [4.69, 9.17) is 22.8 Å². The molecule has 16 heavy (non-hydrogen) atoms. The van der Waals surface area contributed by atoms with E-state index in [1.165, 1.54) is 0 Å². The molecule has 0 aliphatic heterocycles. The standard InChI is InChI=1S/C12H12ClNO2/c1-2-7-16-11-5-3-10(4-6-11)9-14-12(15)8-13/h1,3-6H,7-9H2,(H,14,15). The van der Waals surface area contributed by atoms with Crippen molar-refractivity contribution < 1.29 is 9.53 Å². The van der Waals surface area contributed by atoms with E-state index in [1.807, 2.05) is 12.1 Å². The molecule has 0 saturated heterocycles. The summed E-state index contributed by atoms with van der Waals surface area (Å²) in [4.78, 5) is 10.9. The van der Waals surface area contributed by atoms with Gasteiger partial charge in [0.05, 0.1) is 0 Å². The number of alkyl halides is 1. The molecule has 0 saturated carbocycles. The SMILES string of the molecule is C#CCOc1ccc(CNC(=O)CCl)cc1. The molecular formula is C12H12ClNO2. The number of hydrogen-bond donors (Lipinski definition) is 1. The van der Waals surface area contributed by atoms with Crippen LogP contribution < -0.4 is 10.1 Å². The summed E-state index contributed by atoms with van der Waals surface area (Å²) in [5.74, 6) is 2.89. The maximum atomic E-state index is 10.9. The molecule has 0 unspecified atom stereocenters. The minimum Gasteiger partial charge on any atom is -0.481 e. The van der Waals surface area contributed by atoms with E-state index in [0.29, 0.717) is 12.3 Å². The normalized spacial score (nSPS) is 9.25. The Balaban J connectivity index is 2.45. The Morgan fingerprint density at radius 3 is 2.69 bits per heavy atom. The number of amides is 1. The highest BCUT2D eigenvalue weighted by Crippen LogP contribution is 2.11. The number of carbonyl (C=O) groups is 1. The Kier molecular flexibility index (Phi) is 5.24. The zero-order valence-corrected chi connectivity index (χ0v) is 9.46. The number of halogens is 1. The second-order valence-corrected chi connectivity index (χ2v) is 3.31. The number of ether oxygens (including phenoxy) is 1. The lowest BCUT2D eigenvalue weighted by Crippen LogP contribution is -2.23. The molecule has 3 nitrogen and oxygen atoms in total. The van der Waals surface area contributed by atoms with Crippen LogP contribution in [0.25, 0.3) is 0 Å². The lowest BCUT2D eigenvalue weighted by atomic mass is 10.2. The molecule has 0 spiro atoms. The number of nitrogens with one attached hydrogen (secondary N) is 1. The van der Waals surface area contributed by atoms with Crippen molar-refractivity contribution >= 4 is 17.5 Å². The van der Waals surface area contributed by atoms with Crippen LogP contribution in [-0.4, -0.2) is 18.4 Å². The van der Waals surface area contributed by atoms with Crippen LogP contribution in [0.5, 0.6) is 5.75 Å². The first kappa shape index (κ1) is 12.4. The molecule has 4 heteroatoms. The Hall–Kier alpha value is -1.66. The molecular weight excluding hydrogens is 226 g/mol. The third-order valence-electron chi connectivity index (χ3n) is 1.86. The van der Waals surface area contributed by atoms with E-state index in [0.717, 1.165) is 5.56 Å². The summed E-state index contributed by atoms with van der Waals surface area (Å²) < 4.78 is 5.21. The van der Waals surface area contributed by atoms with Crippen LogP contribution in [0.1, 0.15) is 5.56 Å². The molecule has 1 N–H and O–H groups in total. The molecule has 1 rings (SSSR count). The average Bonchev–Trinajstić information content (AvgIpc) is 2.34. The topological polar surface area (TPSA) is 38.3 Å². The summed E-state index contributed by atoms with van der Waals surface area (Å²) in [5, 5.41) is 2.67. The first-order chi connectivity index (χ1) is 7.76. The lowest BCUT2D eigenvalue weighted by Gasteiger charge is -2.05. The number of hydrogen-bond acceptors (Lipinski definition) is 2. The number of benzene rings is 1. The summed E-state index contributed by atoms with van der Waals surface area (Å²) in [7, 11) is 0. The molecule has 0 bridgehead atoms. The fourth-order valence-electron chi connectivity index (χ4n) is 1.08. The van der Waals surface area contributed by atoms with Gasteiger partial charge >= 0.3 is 0 Å². The van der Waals surface area contributed by atoms with Crippen molar-refractivity contribution in [2.45, 2.75) is 6.54 Å². The van der Waals surface area contributed by atoms with E-state index >= 15 is 0 Å². The molecule has 0 aliphatic carbocycles. The van der Waals surface area contributed by atoms with E-state index in [1.54, 1.807) is 12.1 Å². The first-order valence-corrected chi connectivity index (χ1v) is 5.27. The summed E-state index contributed by atoms with van der Waals surface area (Å²) in [5.41, 5.74) is 0.978. The number of terminal acetylenes is 1. The predicted molar refractivity (Wildman–Crippen MR) is 63.3 cm³/mol. The fraction of sp³-hybridized carbons (Fsp3) is 0.250. The Morgan fingerprint density at radius 1 is 1.44 bits per heavy atom. The maximum absolute atomic E-state index is 10.9. The summed E-state index contributed by atoms with van der Waals surface area (Å²) in [6, 6.07) is 7.33. The largest absolute Gasteiger partial charge is 0.481 e. The van der Waals surface area contributed by atoms with Gasteiger partial charge in [-0.15, -0.1) is 18.0 Å². The number of rotatable bonds is 5. The Bertz CT molecular complexity index is 381. The monoisotopic (exact) mass is 237 g/mol. The van der Waals surface area contributed by atoms with Crippen LogP contribution >= 0.6 is 11.6 Å². The molecule has 1 aromatic rings. The van der Waals surface area contributed by atoms with Crippen molar-refractivity contribution in [3.63, 3.8) is 0 Å². The van der Waals surface area contributed by atoms with Gasteiger partial charge in [0, 0.05) is 6.54 Å². The van der Waals surface area contributed by atoms with Gasteiger partial charge in [-0.05, 0) is 17.7 Å². The van der Waals surface area contributed by atoms with E-state index in [-0.39, 0.29) is 18.4 Å². The second-order valence-electron chi connectivity index (χ2n) is 3.05. The molecule has 1 aromatic carbocycles. The summed E-state index contributed by atoms with van der Waals surface area (Å²) in [6.07, 6.45) is 5.07. The highest BCUT2D eigenvalue weighted by Gasteiger charge is 1.99. The lowest BCUT2D eigenvalue weighted by molar-refractivity contribution is -0.118. The second kappa shape index (κ2) is 6.76. The van der Waals surface area contributed by atoms with Gasteiger partial charge in [0.25, 0.3) is 0 Å². The van der Waals surface area contributed by atoms with Crippen LogP contribution in [-0.2, 0) is 11.3 Å². The van der Waals surface area contributed by atoms with Gasteiger partial charge in [0.15, 0.2) is 0 Å². The van der Waals surface area contributed by atoms with Gasteiger partial charge < -0.3 is 10.1 Å². The van der Waals surface area contributed by atoms with E-state index in [2.05, 4.69) is 11.2 Å². The van der Waals surface area contributed by atoms with Crippen LogP contribution in [0.3, 0.4) is 0 Å². The van der Waals surface area contributed by atoms with Crippen molar-refractivity contribution in [2.75, 3.05) is 12.5 Å². The van der Waals surface area contributed by atoms with Gasteiger partial charge in [-0.3, -0.25) is 4.79 Å². The molecule has 0 atom stereocenters. The van der Waals surface area contributed by atoms with E-state index < -0.39 is 0 Å². The van der Waals surface area contributed by atoms with Crippen LogP contribution in [0, 0.1) is 12.3 Å². The molecule has 84 valence electrons. The first-order valence-electron chi connectivity index (χ1n) is 4.74. The molecule has 0 aromatic heterocycles. The Morgan fingerprint density at radius 2 is 2.12 bits per heavy atom. The highest BCUT2D eigenvalue weighted by atomic mass is 35.5. The smallest absolute Gasteiger partial charge is 0.235 e. The van der Waals surface area contributed by atoms with Gasteiger partial charge in [0.1, 0.15) is 18.2 Å². The third-order valence-corrected chi connectivity index (χ3v) is 2.10. The average molecular weight is 238 g/mol. The predicted octanol–water partition coefficient (Wildman–Crippen LogP) is 1.55. The molecule has 0 aliphatic rings. The number of carbonyl (C=O) groups excluding carboxylic acids is 1. The van der Waals surface area contributed by atoms with Gasteiger partial charge in [-0.25, -0.2) is 0 Å². The zero-order valence-electron chi connectivity index (χ0n) is 8.70. The van der Waals surface area contributed by atoms with Gasteiger partial charge in [0.2, 0.25) is 5.91 Å². The minimum atomic E-state index is -0.186. The Labute approximate surface area is 99.7 Å². The molecule has 0 fully saturated rings. The molecule has 0 radical (unpaired) electrons. The maximum Gasteiger partial charge on any atom is 0.235 e. The zero-order chi connectivity index (χ0) is 11.8. The van der Waals surface area contributed by atoms with Crippen molar-refractivity contribution in [3.05, 3.63) is 29.8 Å². The van der Waals surface area contributed by atoms with Crippen LogP contribution in [0.15, 0.2) is 24.3 Å². The summed E-state index contributed by atoms with van der Waals surface area (Å²) >= 11 is 5.35. The van der Waals surface area contributed by atoms with E-state index in [9.17, 15) is 4.79 Å². The van der Waals surface area contributed by atoms with Crippen molar-refractivity contribution in [3.8, 4) is 18.1 Å². The van der Waals surface area contributed by atoms with Gasteiger partial charge in [-0.1, -0.05) is 18.1 Å². The van der Waals surface area contributed by atoms with Crippen molar-refractivity contribution in [1.29, 1.82) is 0 Å². The van der Waals surface area contributed by atoms with Crippen LogP contribution in [0.2, 0.25) is 0 Å². The van der Waals surface area contributed by atoms with Crippen molar-refractivity contribution in [2.24, 2.45) is 0 Å². The third kappa shape index (κ3) is 4.24. The molecule has 1 amide bonds. The molecule has 0 heterocycles. The van der Waals surface area contributed by atoms with Gasteiger partial charge in [-0.2, -0.15) is 0 Å². The van der Waals surface area contributed by atoms with Crippen LogP contribution in [0.4, 0.5) is 0 Å². The minimum absolute atomic E-state index is 0.0244. The highest BCUT2D eigenvalue weighted by molar-refractivity contribution is 6.27. The quantitative estimate of drug-likeness (QED) is 0.624. The van der Waals surface area contributed by atoms with Crippen molar-refractivity contribution in [1.82, 2.24) is 5.32 Å². The summed E-state index contributed by atoms with van der Waals surface area (Å²) in [6.45, 7) is 0.712.